The van der Waals surface area contributed by atoms with E-state index in [1.807, 2.05) is 67.4 Å². The highest BCUT2D eigenvalue weighted by atomic mass is 19.1. The lowest BCUT2D eigenvalue weighted by Crippen LogP contribution is -2.40. The molecule has 412 valence electrons. The fourth-order valence-corrected chi connectivity index (χ4v) is 9.20. The molecule has 0 spiro atoms. The van der Waals surface area contributed by atoms with E-state index >= 15 is 4.39 Å². The Hall–Kier alpha value is -6.11. The Bertz CT molecular complexity index is 2350. The minimum atomic E-state index is -0.803. The fourth-order valence-electron chi connectivity index (χ4n) is 9.20. The van der Waals surface area contributed by atoms with Gasteiger partial charge in [-0.3, -0.25) is 19.2 Å². The largest absolute Gasteiger partial charge is 0.497 e. The highest BCUT2D eigenvalue weighted by Gasteiger charge is 2.34. The number of ether oxygens (including phenoxy) is 3. The number of rotatable bonds is 39. The molecule has 18 heteroatoms. The molecular weight excluding hydrogens is 958 g/mol. The van der Waals surface area contributed by atoms with Crippen LogP contribution in [0.2, 0.25) is 0 Å². The van der Waals surface area contributed by atoms with Crippen molar-refractivity contribution in [2.45, 2.75) is 148 Å². The van der Waals surface area contributed by atoms with Crippen molar-refractivity contribution in [1.29, 1.82) is 0 Å². The molecule has 4 aromatic rings. The van der Waals surface area contributed by atoms with Gasteiger partial charge in [0.05, 0.1) is 25.8 Å². The van der Waals surface area contributed by atoms with Crippen molar-refractivity contribution < 1.29 is 42.9 Å². The molecule has 0 unspecified atom stereocenters. The molecule has 1 fully saturated rings. The van der Waals surface area contributed by atoms with Gasteiger partial charge in [-0.05, 0) is 105 Å². The van der Waals surface area contributed by atoms with Crippen molar-refractivity contribution in [2.24, 2.45) is 17.4 Å². The minimum absolute atomic E-state index is 0.0226. The lowest BCUT2D eigenvalue weighted by Gasteiger charge is -2.28. The molecular formula is C57H84FN9O8. The maximum absolute atomic E-state index is 15.5. The third-order valence-electron chi connectivity index (χ3n) is 13.4. The highest BCUT2D eigenvalue weighted by Crippen LogP contribution is 2.45. The maximum atomic E-state index is 15.5. The molecule has 0 radical (unpaired) electrons. The van der Waals surface area contributed by atoms with Crippen LogP contribution in [0.4, 0.5) is 4.39 Å². The standard InChI is InChI=1S/C57H84FN9O8/c1-57(2,75-52-35-42(19-23-48(52)50-37-46(73-3)22-24-51(50)58)40-74-47-17-14-15-44(36-47)49(38-56(71)72)43-20-21-43)41-67-39-45(64-65-67)16-12-10-8-6-4-5-7-9-11-13-18-53(68)63-31-34-66(32-25-54(69)61-29-27-59)33-26-55(70)62-30-28-60/h14-15,17,19,22-24,35-37,39,43,49H,4-13,16,18,20-21,25-34,38,40-41,59-60H2,1-3H3,(H,61,69)(H,62,70)(H,63,68)(H,71,72)/t49-/m0/s1. The molecule has 1 atom stereocenters. The van der Waals surface area contributed by atoms with Gasteiger partial charge in [0, 0.05) is 88.9 Å². The Kier molecular flexibility index (Phi) is 25.8. The van der Waals surface area contributed by atoms with Crippen LogP contribution in [0.1, 0.15) is 139 Å². The number of aromatic nitrogens is 3. The van der Waals surface area contributed by atoms with Crippen LogP contribution in [-0.2, 0) is 38.8 Å². The van der Waals surface area contributed by atoms with E-state index in [4.69, 9.17) is 25.7 Å². The van der Waals surface area contributed by atoms with Crippen molar-refractivity contribution in [3.05, 3.63) is 89.5 Å². The summed E-state index contributed by atoms with van der Waals surface area (Å²) in [5, 5.41) is 27.0. The number of aryl methyl sites for hydroxylation is 1. The van der Waals surface area contributed by atoms with Gasteiger partial charge >= 0.3 is 5.97 Å². The van der Waals surface area contributed by atoms with Gasteiger partial charge in [0.25, 0.3) is 0 Å². The first kappa shape index (κ1) is 59.8. The molecule has 5 rings (SSSR count). The van der Waals surface area contributed by atoms with Crippen molar-refractivity contribution in [3.8, 4) is 28.4 Å². The Morgan fingerprint density at radius 1 is 0.773 bits per heavy atom. The van der Waals surface area contributed by atoms with Gasteiger partial charge in [0.1, 0.15) is 35.3 Å². The fraction of sp³-hybridized carbons (Fsp3) is 0.579. The van der Waals surface area contributed by atoms with Crippen LogP contribution in [-0.4, -0.2) is 114 Å². The second-order valence-electron chi connectivity index (χ2n) is 20.4. The Morgan fingerprint density at radius 2 is 1.41 bits per heavy atom. The normalized spacial score (nSPS) is 12.8. The number of nitrogens with two attached hydrogens (primary N) is 2. The van der Waals surface area contributed by atoms with Crippen LogP contribution in [0.3, 0.4) is 0 Å². The quantitative estimate of drug-likeness (QED) is 0.0236. The molecule has 0 aliphatic heterocycles. The van der Waals surface area contributed by atoms with E-state index in [1.165, 1.54) is 25.3 Å². The van der Waals surface area contributed by atoms with Crippen molar-refractivity contribution in [2.75, 3.05) is 59.5 Å². The molecule has 0 saturated heterocycles. The summed E-state index contributed by atoms with van der Waals surface area (Å²) in [6.45, 7) is 8.12. The first-order chi connectivity index (χ1) is 36.2. The van der Waals surface area contributed by atoms with E-state index < -0.39 is 17.4 Å². The van der Waals surface area contributed by atoms with Gasteiger partial charge in [-0.15, -0.1) is 5.10 Å². The minimum Gasteiger partial charge on any atom is -0.497 e. The third-order valence-corrected chi connectivity index (χ3v) is 13.4. The number of aliphatic carboxylic acids is 1. The van der Waals surface area contributed by atoms with E-state index in [9.17, 15) is 24.3 Å². The van der Waals surface area contributed by atoms with Crippen LogP contribution in [0.15, 0.2) is 66.9 Å². The summed E-state index contributed by atoms with van der Waals surface area (Å²) in [6, 6.07) is 17.9. The molecule has 3 aromatic carbocycles. The van der Waals surface area contributed by atoms with Crippen LogP contribution >= 0.6 is 0 Å². The molecule has 0 bridgehead atoms. The number of hydrogen-bond acceptors (Lipinski definition) is 12. The molecule has 75 heavy (non-hydrogen) atoms. The summed E-state index contributed by atoms with van der Waals surface area (Å²) in [5.41, 5.74) is 13.8. The Morgan fingerprint density at radius 3 is 2.05 bits per heavy atom. The lowest BCUT2D eigenvalue weighted by molar-refractivity contribution is -0.137. The van der Waals surface area contributed by atoms with E-state index in [0.717, 1.165) is 81.0 Å². The molecule has 1 aliphatic carbocycles. The smallest absolute Gasteiger partial charge is 0.303 e. The first-order valence-electron chi connectivity index (χ1n) is 27.2. The SMILES string of the molecule is COc1ccc(F)c(-c2ccc(COc3cccc([C@@H](CC(=O)O)C4CC4)c3)cc2OC(C)(C)Cn2cc(CCCCCCCCCCCCC(=O)NCCN(CCC(=O)NCCN)CCC(=O)NCCN)nn2)c1. The second-order valence-corrected chi connectivity index (χ2v) is 20.4. The van der Waals surface area contributed by atoms with Crippen molar-refractivity contribution in [3.63, 3.8) is 0 Å². The van der Waals surface area contributed by atoms with Gasteiger partial charge in [0.2, 0.25) is 17.7 Å². The molecule has 17 nitrogen and oxygen atoms in total. The van der Waals surface area contributed by atoms with E-state index in [-0.39, 0.29) is 36.7 Å². The summed E-state index contributed by atoms with van der Waals surface area (Å²) < 4.78 is 35.7. The molecule has 1 aromatic heterocycles. The van der Waals surface area contributed by atoms with Crippen molar-refractivity contribution >= 4 is 23.7 Å². The Balaban J connectivity index is 0.987. The van der Waals surface area contributed by atoms with Crippen LogP contribution in [0, 0.1) is 11.7 Å². The van der Waals surface area contributed by atoms with Crippen molar-refractivity contribution in [1.82, 2.24) is 35.8 Å². The second kappa shape index (κ2) is 32.4. The highest BCUT2D eigenvalue weighted by molar-refractivity contribution is 5.77. The number of benzene rings is 3. The summed E-state index contributed by atoms with van der Waals surface area (Å²) in [4.78, 5) is 50.4. The van der Waals surface area contributed by atoms with Crippen LogP contribution in [0.5, 0.6) is 17.2 Å². The lowest BCUT2D eigenvalue weighted by atomic mass is 9.91. The maximum Gasteiger partial charge on any atom is 0.303 e. The number of nitrogens with zero attached hydrogens (tertiary/aromatic N) is 4. The Labute approximate surface area is 443 Å². The number of unbranched alkanes of at least 4 members (excludes halogenated alkanes) is 9. The van der Waals surface area contributed by atoms with Crippen LogP contribution in [0.25, 0.3) is 11.1 Å². The zero-order valence-electron chi connectivity index (χ0n) is 44.7. The summed E-state index contributed by atoms with van der Waals surface area (Å²) in [5.74, 6) is 0.625. The summed E-state index contributed by atoms with van der Waals surface area (Å²) >= 11 is 0. The molecule has 1 aliphatic rings. The number of amides is 3. The summed E-state index contributed by atoms with van der Waals surface area (Å²) in [7, 11) is 1.55. The first-order valence-corrected chi connectivity index (χ1v) is 27.2. The number of carbonyl (C=O) groups is 4. The number of carbonyl (C=O) groups excluding carboxylic acids is 3. The van der Waals surface area contributed by atoms with E-state index in [1.54, 1.807) is 23.9 Å². The van der Waals surface area contributed by atoms with Gasteiger partial charge in [-0.25, -0.2) is 9.07 Å². The monoisotopic (exact) mass is 1040 g/mol. The summed E-state index contributed by atoms with van der Waals surface area (Å²) in [6.07, 6.45) is 17.0. The number of hydrogen-bond donors (Lipinski definition) is 6. The molecule has 1 heterocycles. The number of nitrogens with one attached hydrogen (secondary N) is 3. The van der Waals surface area contributed by atoms with Gasteiger partial charge in [-0.1, -0.05) is 80.8 Å². The van der Waals surface area contributed by atoms with Gasteiger partial charge in [0.15, 0.2) is 0 Å². The van der Waals surface area contributed by atoms with E-state index in [0.29, 0.717) is 112 Å². The third kappa shape index (κ3) is 22.7. The number of carboxylic acids is 1. The predicted molar refractivity (Wildman–Crippen MR) is 289 cm³/mol. The average molecular weight is 1040 g/mol. The number of methoxy groups -OCH3 is 1. The molecule has 3 amide bonds. The molecule has 8 N–H and O–H groups in total. The topological polar surface area (TPSA) is 238 Å². The zero-order chi connectivity index (χ0) is 53.8. The van der Waals surface area contributed by atoms with E-state index in [2.05, 4.69) is 26.3 Å². The number of carboxylic acid groups (broad SMARTS) is 1. The van der Waals surface area contributed by atoms with Gasteiger partial charge in [-0.2, -0.15) is 0 Å². The molecule has 1 saturated carbocycles. The van der Waals surface area contributed by atoms with Gasteiger partial charge < -0.3 is 51.6 Å². The average Bonchev–Trinajstić information content (AvgIpc) is 4.15. The predicted octanol–water partition coefficient (Wildman–Crippen LogP) is 7.68. The number of halogens is 1. The zero-order valence-corrected chi connectivity index (χ0v) is 44.7. The van der Waals surface area contributed by atoms with Crippen LogP contribution < -0.4 is 41.6 Å².